The van der Waals surface area contributed by atoms with E-state index in [2.05, 4.69) is 25.2 Å². The van der Waals surface area contributed by atoms with Gasteiger partial charge in [0.2, 0.25) is 0 Å². The molecule has 1 aromatic carbocycles. The molecule has 0 saturated carbocycles. The van der Waals surface area contributed by atoms with Gasteiger partial charge in [0.25, 0.3) is 0 Å². The van der Waals surface area contributed by atoms with Gasteiger partial charge in [-0.2, -0.15) is 0 Å². The number of rotatable bonds is 4. The number of halogens is 1. The highest BCUT2D eigenvalue weighted by molar-refractivity contribution is 7.12. The van der Waals surface area contributed by atoms with Gasteiger partial charge < -0.3 is 11.1 Å². The Kier molecular flexibility index (Phi) is 3.99. The summed E-state index contributed by atoms with van der Waals surface area (Å²) in [5.41, 5.74) is 7.45. The molecule has 0 fully saturated rings. The van der Waals surface area contributed by atoms with Gasteiger partial charge in [0, 0.05) is 16.3 Å². The van der Waals surface area contributed by atoms with E-state index < -0.39 is 0 Å². The lowest BCUT2D eigenvalue weighted by Crippen LogP contribution is -2.21. The number of anilines is 1. The second kappa shape index (κ2) is 5.50. The van der Waals surface area contributed by atoms with Crippen LogP contribution < -0.4 is 11.1 Å². The van der Waals surface area contributed by atoms with Crippen LogP contribution in [0.4, 0.5) is 10.1 Å². The lowest BCUT2D eigenvalue weighted by molar-refractivity contribution is 0.625. The van der Waals surface area contributed by atoms with E-state index in [-0.39, 0.29) is 11.9 Å². The van der Waals surface area contributed by atoms with Gasteiger partial charge >= 0.3 is 0 Å². The van der Waals surface area contributed by atoms with Crippen LogP contribution in [-0.2, 0) is 0 Å². The van der Waals surface area contributed by atoms with Crippen molar-refractivity contribution < 1.29 is 4.39 Å². The number of nitrogens with two attached hydrogens (primary N) is 1. The predicted octanol–water partition coefficient (Wildman–Crippen LogP) is 3.62. The van der Waals surface area contributed by atoms with Crippen LogP contribution in [0.25, 0.3) is 0 Å². The topological polar surface area (TPSA) is 38.0 Å². The van der Waals surface area contributed by atoms with Crippen molar-refractivity contribution in [3.63, 3.8) is 0 Å². The number of benzene rings is 1. The van der Waals surface area contributed by atoms with E-state index in [0.29, 0.717) is 12.2 Å². The fourth-order valence-electron chi connectivity index (χ4n) is 2.03. The monoisotopic (exact) mass is 264 g/mol. The molecule has 0 aliphatic rings. The summed E-state index contributed by atoms with van der Waals surface area (Å²) in [5, 5.41) is 3.17. The van der Waals surface area contributed by atoms with Crippen molar-refractivity contribution in [1.29, 1.82) is 0 Å². The maximum atomic E-state index is 13.6. The summed E-state index contributed by atoms with van der Waals surface area (Å²) in [7, 11) is 0. The summed E-state index contributed by atoms with van der Waals surface area (Å²) in [5.74, 6) is -0.249. The van der Waals surface area contributed by atoms with Gasteiger partial charge in [-0.1, -0.05) is 12.1 Å². The van der Waals surface area contributed by atoms with Crippen LogP contribution in [0.5, 0.6) is 0 Å². The fourth-order valence-corrected chi connectivity index (χ4v) is 3.01. The zero-order valence-corrected chi connectivity index (χ0v) is 11.4. The molecule has 2 rings (SSSR count). The predicted molar refractivity (Wildman–Crippen MR) is 75.6 cm³/mol. The molecule has 18 heavy (non-hydrogen) atoms. The Morgan fingerprint density at radius 2 is 2.06 bits per heavy atom. The molecule has 0 bridgehead atoms. The van der Waals surface area contributed by atoms with Crippen molar-refractivity contribution in [1.82, 2.24) is 0 Å². The minimum Gasteiger partial charge on any atom is -0.375 e. The van der Waals surface area contributed by atoms with E-state index in [1.807, 2.05) is 6.07 Å². The van der Waals surface area contributed by atoms with Crippen molar-refractivity contribution in [3.05, 3.63) is 51.5 Å². The normalized spacial score (nSPS) is 12.4. The number of hydrogen-bond acceptors (Lipinski definition) is 3. The van der Waals surface area contributed by atoms with Crippen molar-refractivity contribution in [3.8, 4) is 0 Å². The van der Waals surface area contributed by atoms with Crippen LogP contribution in [0, 0.1) is 19.7 Å². The molecule has 4 heteroatoms. The Bertz CT molecular complexity index is 536. The number of aryl methyl sites for hydroxylation is 2. The summed E-state index contributed by atoms with van der Waals surface area (Å²) >= 11 is 1.74. The first-order valence-corrected chi connectivity index (χ1v) is 6.71. The fraction of sp³-hybridized carbons (Fsp3) is 0.286. The summed E-state index contributed by atoms with van der Waals surface area (Å²) in [6.07, 6.45) is 0. The van der Waals surface area contributed by atoms with E-state index in [1.54, 1.807) is 23.5 Å². The third-order valence-electron chi connectivity index (χ3n) is 2.89. The van der Waals surface area contributed by atoms with Crippen LogP contribution >= 0.6 is 11.3 Å². The summed E-state index contributed by atoms with van der Waals surface area (Å²) < 4.78 is 13.6. The van der Waals surface area contributed by atoms with Crippen LogP contribution in [0.2, 0.25) is 0 Å². The molecular formula is C14H17FN2S. The average molecular weight is 264 g/mol. The zero-order valence-electron chi connectivity index (χ0n) is 10.5. The maximum absolute atomic E-state index is 13.6. The first kappa shape index (κ1) is 13.1. The van der Waals surface area contributed by atoms with Crippen molar-refractivity contribution in [2.45, 2.75) is 19.9 Å². The molecule has 0 saturated heterocycles. The van der Waals surface area contributed by atoms with Gasteiger partial charge in [-0.05, 0) is 37.6 Å². The van der Waals surface area contributed by atoms with Gasteiger partial charge in [0.05, 0.1) is 11.7 Å². The average Bonchev–Trinajstić information content (AvgIpc) is 2.67. The molecule has 1 heterocycles. The molecule has 0 amide bonds. The molecule has 0 spiro atoms. The number of thiophene rings is 1. The molecule has 1 atom stereocenters. The first-order chi connectivity index (χ1) is 8.61. The molecule has 3 N–H and O–H groups in total. The molecule has 2 aromatic rings. The van der Waals surface area contributed by atoms with Crippen LogP contribution in [0.15, 0.2) is 30.3 Å². The molecule has 0 aliphatic carbocycles. The molecular weight excluding hydrogens is 247 g/mol. The molecule has 96 valence electrons. The van der Waals surface area contributed by atoms with Gasteiger partial charge in [-0.3, -0.25) is 0 Å². The SMILES string of the molecule is Cc1cc(C(CN)Nc2ccccc2F)c(C)s1. The second-order valence-corrected chi connectivity index (χ2v) is 5.74. The Labute approximate surface area is 111 Å². The standard InChI is InChI=1S/C14H17FN2S/c1-9-7-11(10(2)18-9)14(8-16)17-13-6-4-3-5-12(13)15/h3-7,14,17H,8,16H2,1-2H3. The van der Waals surface area contributed by atoms with Crippen LogP contribution in [0.1, 0.15) is 21.4 Å². The minimum atomic E-state index is -0.249. The number of para-hydroxylation sites is 1. The highest BCUT2D eigenvalue weighted by Gasteiger charge is 2.15. The molecule has 1 aromatic heterocycles. The molecule has 2 nitrogen and oxygen atoms in total. The van der Waals surface area contributed by atoms with Gasteiger partial charge in [0.1, 0.15) is 5.82 Å². The quantitative estimate of drug-likeness (QED) is 0.885. The summed E-state index contributed by atoms with van der Waals surface area (Å²) in [6, 6.07) is 8.73. The van der Waals surface area contributed by atoms with Crippen molar-refractivity contribution in [2.75, 3.05) is 11.9 Å². The van der Waals surface area contributed by atoms with Crippen molar-refractivity contribution in [2.24, 2.45) is 5.73 Å². The van der Waals surface area contributed by atoms with E-state index in [1.165, 1.54) is 15.8 Å². The molecule has 0 aliphatic heterocycles. The minimum absolute atomic E-state index is 0.0492. The highest BCUT2D eigenvalue weighted by atomic mass is 32.1. The number of hydrogen-bond donors (Lipinski definition) is 2. The highest BCUT2D eigenvalue weighted by Crippen LogP contribution is 2.29. The van der Waals surface area contributed by atoms with Crippen LogP contribution in [-0.4, -0.2) is 6.54 Å². The largest absolute Gasteiger partial charge is 0.375 e. The molecule has 1 unspecified atom stereocenters. The van der Waals surface area contributed by atoms with Gasteiger partial charge in [0.15, 0.2) is 0 Å². The third kappa shape index (κ3) is 2.71. The zero-order chi connectivity index (χ0) is 13.1. The summed E-state index contributed by atoms with van der Waals surface area (Å²) in [6.45, 7) is 4.57. The Morgan fingerprint density at radius 1 is 1.33 bits per heavy atom. The van der Waals surface area contributed by atoms with E-state index in [9.17, 15) is 4.39 Å². The first-order valence-electron chi connectivity index (χ1n) is 5.90. The van der Waals surface area contributed by atoms with Crippen LogP contribution in [0.3, 0.4) is 0 Å². The number of nitrogens with one attached hydrogen (secondary N) is 1. The van der Waals surface area contributed by atoms with Gasteiger partial charge in [-0.15, -0.1) is 11.3 Å². The Morgan fingerprint density at radius 3 is 2.61 bits per heavy atom. The Hall–Kier alpha value is -1.39. The lowest BCUT2D eigenvalue weighted by atomic mass is 10.1. The second-order valence-electron chi connectivity index (χ2n) is 4.28. The summed E-state index contributed by atoms with van der Waals surface area (Å²) in [4.78, 5) is 2.48. The third-order valence-corrected chi connectivity index (χ3v) is 3.88. The maximum Gasteiger partial charge on any atom is 0.146 e. The van der Waals surface area contributed by atoms with E-state index in [0.717, 1.165) is 5.56 Å². The Balaban J connectivity index is 2.25. The van der Waals surface area contributed by atoms with Crippen molar-refractivity contribution >= 4 is 17.0 Å². The van der Waals surface area contributed by atoms with Gasteiger partial charge in [-0.25, -0.2) is 4.39 Å². The molecule has 0 radical (unpaired) electrons. The van der Waals surface area contributed by atoms with E-state index in [4.69, 9.17) is 5.73 Å². The smallest absolute Gasteiger partial charge is 0.146 e. The lowest BCUT2D eigenvalue weighted by Gasteiger charge is -2.18. The van der Waals surface area contributed by atoms with E-state index >= 15 is 0 Å².